The summed E-state index contributed by atoms with van der Waals surface area (Å²) in [7, 11) is 1.68. The fourth-order valence-electron chi connectivity index (χ4n) is 1.15. The third-order valence-corrected chi connectivity index (χ3v) is 1.95. The highest BCUT2D eigenvalue weighted by atomic mass is 16.7. The van der Waals surface area contributed by atoms with E-state index in [4.69, 9.17) is 9.57 Å². The van der Waals surface area contributed by atoms with Crippen LogP contribution in [0.15, 0.2) is 5.16 Å². The first-order chi connectivity index (χ1) is 5.54. The lowest BCUT2D eigenvalue weighted by Crippen LogP contribution is -2.22. The third-order valence-electron chi connectivity index (χ3n) is 1.95. The van der Waals surface area contributed by atoms with Gasteiger partial charge in [-0.05, 0) is 0 Å². The molecule has 0 saturated carbocycles. The Kier molecular flexibility index (Phi) is 2.73. The van der Waals surface area contributed by atoms with Gasteiger partial charge in [0.15, 0.2) is 6.10 Å². The fourth-order valence-corrected chi connectivity index (χ4v) is 1.15. The SMILES string of the molecule is COCC1CC(C(C)(C)C)=NO1. The Morgan fingerprint density at radius 1 is 1.58 bits per heavy atom. The Balaban J connectivity index is 2.43. The van der Waals surface area contributed by atoms with Gasteiger partial charge in [0.05, 0.1) is 12.3 Å². The lowest BCUT2D eigenvalue weighted by atomic mass is 9.87. The molecule has 0 bridgehead atoms. The molecule has 1 unspecified atom stereocenters. The minimum absolute atomic E-state index is 0.127. The van der Waals surface area contributed by atoms with Crippen LogP contribution in [0.2, 0.25) is 0 Å². The van der Waals surface area contributed by atoms with Gasteiger partial charge in [-0.3, -0.25) is 0 Å². The van der Waals surface area contributed by atoms with Crippen molar-refractivity contribution in [2.75, 3.05) is 13.7 Å². The normalized spacial score (nSPS) is 23.7. The van der Waals surface area contributed by atoms with Gasteiger partial charge in [0.25, 0.3) is 0 Å². The van der Waals surface area contributed by atoms with Crippen molar-refractivity contribution in [3.63, 3.8) is 0 Å². The van der Waals surface area contributed by atoms with E-state index in [9.17, 15) is 0 Å². The molecule has 3 heteroatoms. The second kappa shape index (κ2) is 3.44. The van der Waals surface area contributed by atoms with E-state index in [0.29, 0.717) is 6.61 Å². The van der Waals surface area contributed by atoms with Crippen LogP contribution in [0.1, 0.15) is 27.2 Å². The Morgan fingerprint density at radius 3 is 2.67 bits per heavy atom. The van der Waals surface area contributed by atoms with E-state index >= 15 is 0 Å². The molecule has 1 atom stereocenters. The van der Waals surface area contributed by atoms with Gasteiger partial charge < -0.3 is 9.57 Å². The molecule has 0 radical (unpaired) electrons. The van der Waals surface area contributed by atoms with Crippen LogP contribution in [0.5, 0.6) is 0 Å². The Morgan fingerprint density at radius 2 is 2.25 bits per heavy atom. The zero-order valence-electron chi connectivity index (χ0n) is 8.26. The van der Waals surface area contributed by atoms with E-state index in [0.717, 1.165) is 12.1 Å². The number of ether oxygens (including phenoxy) is 1. The maximum atomic E-state index is 5.20. The summed E-state index contributed by atoms with van der Waals surface area (Å²) in [6.45, 7) is 7.06. The minimum Gasteiger partial charge on any atom is -0.390 e. The van der Waals surface area contributed by atoms with Gasteiger partial charge in [-0.1, -0.05) is 25.9 Å². The van der Waals surface area contributed by atoms with Crippen LogP contribution in [-0.4, -0.2) is 25.5 Å². The highest BCUT2D eigenvalue weighted by molar-refractivity contribution is 5.90. The molecule has 0 aromatic rings. The van der Waals surface area contributed by atoms with Crippen LogP contribution in [0, 0.1) is 5.41 Å². The molecule has 70 valence electrons. The Labute approximate surface area is 73.7 Å². The Hall–Kier alpha value is -0.570. The molecule has 0 N–H and O–H groups in total. The maximum Gasteiger partial charge on any atom is 0.156 e. The summed E-state index contributed by atoms with van der Waals surface area (Å²) in [5.74, 6) is 0. The van der Waals surface area contributed by atoms with Gasteiger partial charge in [-0.15, -0.1) is 0 Å². The van der Waals surface area contributed by atoms with Gasteiger partial charge in [0, 0.05) is 18.9 Å². The number of rotatable bonds is 2. The number of hydrogen-bond acceptors (Lipinski definition) is 3. The first-order valence-electron chi connectivity index (χ1n) is 4.26. The predicted octanol–water partition coefficient (Wildman–Crippen LogP) is 1.82. The number of methoxy groups -OCH3 is 1. The monoisotopic (exact) mass is 171 g/mol. The summed E-state index contributed by atoms with van der Waals surface area (Å²) in [5, 5.41) is 4.04. The van der Waals surface area contributed by atoms with Crippen LogP contribution in [0.3, 0.4) is 0 Å². The first kappa shape index (κ1) is 9.52. The smallest absolute Gasteiger partial charge is 0.156 e. The summed E-state index contributed by atoms with van der Waals surface area (Å²) in [5.41, 5.74) is 1.26. The average molecular weight is 171 g/mol. The van der Waals surface area contributed by atoms with Crippen LogP contribution in [0.4, 0.5) is 0 Å². The maximum absolute atomic E-state index is 5.20. The molecular formula is C9H17NO2. The molecule has 12 heavy (non-hydrogen) atoms. The van der Waals surface area contributed by atoms with Crippen molar-refractivity contribution in [1.82, 2.24) is 0 Å². The highest BCUT2D eigenvalue weighted by Crippen LogP contribution is 2.25. The summed E-state index contributed by atoms with van der Waals surface area (Å²) >= 11 is 0. The molecule has 0 saturated heterocycles. The molecule has 3 nitrogen and oxygen atoms in total. The van der Waals surface area contributed by atoms with Crippen molar-refractivity contribution in [3.05, 3.63) is 0 Å². The van der Waals surface area contributed by atoms with E-state index in [1.54, 1.807) is 7.11 Å². The molecule has 0 spiro atoms. The van der Waals surface area contributed by atoms with Crippen LogP contribution < -0.4 is 0 Å². The topological polar surface area (TPSA) is 30.8 Å². The first-order valence-corrected chi connectivity index (χ1v) is 4.26. The van der Waals surface area contributed by atoms with Crippen molar-refractivity contribution in [2.24, 2.45) is 10.6 Å². The molecule has 1 rings (SSSR count). The standard InChI is InChI=1S/C9H17NO2/c1-9(2,3)8-5-7(6-11-4)12-10-8/h7H,5-6H2,1-4H3. The number of nitrogens with zero attached hydrogens (tertiary/aromatic N) is 1. The van der Waals surface area contributed by atoms with Gasteiger partial charge in [-0.2, -0.15) is 0 Å². The predicted molar refractivity (Wildman–Crippen MR) is 48.3 cm³/mol. The van der Waals surface area contributed by atoms with Gasteiger partial charge in [-0.25, -0.2) is 0 Å². The van der Waals surface area contributed by atoms with Gasteiger partial charge >= 0.3 is 0 Å². The quantitative estimate of drug-likeness (QED) is 0.634. The van der Waals surface area contributed by atoms with Crippen LogP contribution in [-0.2, 0) is 9.57 Å². The molecule has 0 aliphatic carbocycles. The molecule has 0 fully saturated rings. The minimum atomic E-state index is 0.127. The van der Waals surface area contributed by atoms with E-state index < -0.39 is 0 Å². The molecule has 0 aromatic heterocycles. The third kappa shape index (κ3) is 2.21. The molecule has 1 aliphatic rings. The largest absolute Gasteiger partial charge is 0.390 e. The van der Waals surface area contributed by atoms with E-state index in [2.05, 4.69) is 25.9 Å². The molecule has 1 aliphatic heterocycles. The molecular weight excluding hydrogens is 154 g/mol. The van der Waals surface area contributed by atoms with Crippen molar-refractivity contribution >= 4 is 5.71 Å². The zero-order chi connectivity index (χ0) is 9.19. The van der Waals surface area contributed by atoms with Gasteiger partial charge in [0.2, 0.25) is 0 Å². The average Bonchev–Trinajstić information content (AvgIpc) is 2.35. The zero-order valence-corrected chi connectivity index (χ0v) is 8.26. The lowest BCUT2D eigenvalue weighted by Gasteiger charge is -2.16. The lowest BCUT2D eigenvalue weighted by molar-refractivity contribution is 0.0208. The second-order valence-electron chi connectivity index (χ2n) is 4.17. The van der Waals surface area contributed by atoms with Crippen molar-refractivity contribution in [1.29, 1.82) is 0 Å². The van der Waals surface area contributed by atoms with Crippen molar-refractivity contribution < 1.29 is 9.57 Å². The number of hydrogen-bond donors (Lipinski definition) is 0. The van der Waals surface area contributed by atoms with Crippen LogP contribution >= 0.6 is 0 Å². The van der Waals surface area contributed by atoms with E-state index in [1.807, 2.05) is 0 Å². The molecule has 1 heterocycles. The molecule has 0 aromatic carbocycles. The van der Waals surface area contributed by atoms with Crippen LogP contribution in [0.25, 0.3) is 0 Å². The highest BCUT2D eigenvalue weighted by Gasteiger charge is 2.29. The summed E-state index contributed by atoms with van der Waals surface area (Å²) < 4.78 is 4.99. The number of oxime groups is 1. The van der Waals surface area contributed by atoms with Crippen molar-refractivity contribution in [3.8, 4) is 0 Å². The fraction of sp³-hybridized carbons (Fsp3) is 0.889. The summed E-state index contributed by atoms with van der Waals surface area (Å²) in [6, 6.07) is 0. The summed E-state index contributed by atoms with van der Waals surface area (Å²) in [4.78, 5) is 5.20. The van der Waals surface area contributed by atoms with E-state index in [1.165, 1.54) is 0 Å². The Bertz CT molecular complexity index is 181. The molecule has 0 amide bonds. The van der Waals surface area contributed by atoms with E-state index in [-0.39, 0.29) is 11.5 Å². The summed E-state index contributed by atoms with van der Waals surface area (Å²) in [6.07, 6.45) is 1.03. The van der Waals surface area contributed by atoms with Crippen molar-refractivity contribution in [2.45, 2.75) is 33.3 Å². The second-order valence-corrected chi connectivity index (χ2v) is 4.17. The van der Waals surface area contributed by atoms with Gasteiger partial charge in [0.1, 0.15) is 0 Å².